The van der Waals surface area contributed by atoms with Gasteiger partial charge in [0.15, 0.2) is 5.13 Å². The predicted octanol–water partition coefficient (Wildman–Crippen LogP) is 6.88. The third-order valence-corrected chi connectivity index (χ3v) is 5.81. The van der Waals surface area contributed by atoms with Gasteiger partial charge in [-0.15, -0.1) is 11.3 Å². The molecule has 1 amide bonds. The van der Waals surface area contributed by atoms with Crippen molar-refractivity contribution in [3.8, 4) is 11.3 Å². The van der Waals surface area contributed by atoms with Crippen LogP contribution < -0.4 is 10.2 Å². The average Bonchev–Trinajstić information content (AvgIpc) is 3.24. The normalized spacial score (nSPS) is 10.7. The minimum absolute atomic E-state index is 0.0923. The van der Waals surface area contributed by atoms with Gasteiger partial charge in [-0.3, -0.25) is 4.79 Å². The molecule has 0 fully saturated rings. The highest BCUT2D eigenvalue weighted by molar-refractivity contribution is 7.14. The number of amides is 1. The van der Waals surface area contributed by atoms with E-state index in [1.807, 2.05) is 49.5 Å². The zero-order chi connectivity index (χ0) is 20.5. The Bertz CT molecular complexity index is 890. The zero-order valence-electron chi connectivity index (χ0n) is 17.2. The topological polar surface area (TPSA) is 45.2 Å². The highest BCUT2D eigenvalue weighted by Crippen LogP contribution is 2.31. The van der Waals surface area contributed by atoms with Crippen LogP contribution in [0.1, 0.15) is 45.4 Å². The molecule has 152 valence electrons. The lowest BCUT2D eigenvalue weighted by atomic mass is 10.1. The summed E-state index contributed by atoms with van der Waals surface area (Å²) in [6.07, 6.45) is 6.37. The molecule has 1 N–H and O–H groups in total. The Morgan fingerprint density at radius 3 is 2.45 bits per heavy atom. The summed E-state index contributed by atoms with van der Waals surface area (Å²) in [5.74, 6) is 0.0923. The third kappa shape index (κ3) is 6.16. The number of aromatic nitrogens is 1. The van der Waals surface area contributed by atoms with Crippen LogP contribution in [0, 0.1) is 0 Å². The Balaban J connectivity index is 1.55. The molecule has 0 radical (unpaired) electrons. The molecular formula is C24H29N3OS. The van der Waals surface area contributed by atoms with Gasteiger partial charge in [-0.25, -0.2) is 4.98 Å². The number of thiazole rings is 1. The lowest BCUT2D eigenvalue weighted by Gasteiger charge is -2.15. The van der Waals surface area contributed by atoms with Gasteiger partial charge < -0.3 is 10.2 Å². The highest BCUT2D eigenvalue weighted by Gasteiger charge is 2.10. The zero-order valence-corrected chi connectivity index (χ0v) is 18.0. The second-order valence-corrected chi connectivity index (χ2v) is 8.04. The van der Waals surface area contributed by atoms with E-state index in [1.54, 1.807) is 11.3 Å². The first kappa shape index (κ1) is 21.1. The second kappa shape index (κ2) is 10.8. The molecule has 0 saturated heterocycles. The molecule has 0 spiro atoms. The molecule has 0 aliphatic rings. The first-order valence-corrected chi connectivity index (χ1v) is 11.2. The van der Waals surface area contributed by atoms with Gasteiger partial charge in [0.1, 0.15) is 0 Å². The molecule has 0 atom stereocenters. The van der Waals surface area contributed by atoms with Crippen LogP contribution in [0.4, 0.5) is 16.5 Å². The molecule has 29 heavy (non-hydrogen) atoms. The van der Waals surface area contributed by atoms with Crippen LogP contribution in [0.15, 0.2) is 60.0 Å². The SMILES string of the molecule is CCCCCCCC(=O)Nc1ccc(-c2csc(N(C)c3ccccc3)n2)cc1. The van der Waals surface area contributed by atoms with Crippen molar-refractivity contribution >= 4 is 33.8 Å². The number of benzene rings is 2. The number of hydrogen-bond donors (Lipinski definition) is 1. The molecular weight excluding hydrogens is 378 g/mol. The molecule has 2 aromatic carbocycles. The molecule has 4 nitrogen and oxygen atoms in total. The molecule has 3 aromatic rings. The molecule has 0 aliphatic carbocycles. The van der Waals surface area contributed by atoms with Crippen molar-refractivity contribution in [1.82, 2.24) is 4.98 Å². The Morgan fingerprint density at radius 2 is 1.72 bits per heavy atom. The summed E-state index contributed by atoms with van der Waals surface area (Å²) < 4.78 is 0. The first-order valence-electron chi connectivity index (χ1n) is 10.3. The van der Waals surface area contributed by atoms with E-state index >= 15 is 0 Å². The average molecular weight is 408 g/mol. The maximum absolute atomic E-state index is 12.1. The van der Waals surface area contributed by atoms with E-state index < -0.39 is 0 Å². The molecule has 0 aliphatic heterocycles. The second-order valence-electron chi connectivity index (χ2n) is 7.20. The Hall–Kier alpha value is -2.66. The van der Waals surface area contributed by atoms with Crippen molar-refractivity contribution in [1.29, 1.82) is 0 Å². The molecule has 5 heteroatoms. The number of hydrogen-bond acceptors (Lipinski definition) is 4. The van der Waals surface area contributed by atoms with E-state index in [-0.39, 0.29) is 5.91 Å². The van der Waals surface area contributed by atoms with E-state index in [4.69, 9.17) is 4.98 Å². The molecule has 0 saturated carbocycles. The van der Waals surface area contributed by atoms with Crippen molar-refractivity contribution in [2.75, 3.05) is 17.3 Å². The summed E-state index contributed by atoms with van der Waals surface area (Å²) in [6.45, 7) is 2.20. The Morgan fingerprint density at radius 1 is 1.00 bits per heavy atom. The number of unbranched alkanes of at least 4 members (excludes halogenated alkanes) is 4. The summed E-state index contributed by atoms with van der Waals surface area (Å²) >= 11 is 1.62. The lowest BCUT2D eigenvalue weighted by molar-refractivity contribution is -0.116. The van der Waals surface area contributed by atoms with Crippen molar-refractivity contribution in [3.05, 3.63) is 60.0 Å². The van der Waals surface area contributed by atoms with E-state index in [1.165, 1.54) is 19.3 Å². The number of nitrogens with one attached hydrogen (secondary N) is 1. The van der Waals surface area contributed by atoms with Crippen LogP contribution in [-0.2, 0) is 4.79 Å². The van der Waals surface area contributed by atoms with Gasteiger partial charge in [0.25, 0.3) is 0 Å². The maximum atomic E-state index is 12.1. The summed E-state index contributed by atoms with van der Waals surface area (Å²) in [5, 5.41) is 6.01. The van der Waals surface area contributed by atoms with E-state index in [9.17, 15) is 4.79 Å². The molecule has 3 rings (SSSR count). The quantitative estimate of drug-likeness (QED) is 0.373. The first-order chi connectivity index (χ1) is 14.2. The van der Waals surface area contributed by atoms with Crippen LogP contribution in [0.2, 0.25) is 0 Å². The lowest BCUT2D eigenvalue weighted by Crippen LogP contribution is -2.10. The fourth-order valence-corrected chi connectivity index (χ4v) is 3.97. The van der Waals surface area contributed by atoms with Crippen LogP contribution in [-0.4, -0.2) is 17.9 Å². The molecule has 0 unspecified atom stereocenters. The van der Waals surface area contributed by atoms with Crippen LogP contribution >= 0.6 is 11.3 Å². The van der Waals surface area contributed by atoms with Crippen molar-refractivity contribution in [3.63, 3.8) is 0 Å². The van der Waals surface area contributed by atoms with Crippen LogP contribution in [0.3, 0.4) is 0 Å². The number of para-hydroxylation sites is 1. The highest BCUT2D eigenvalue weighted by atomic mass is 32.1. The fraction of sp³-hybridized carbons (Fsp3) is 0.333. The summed E-state index contributed by atoms with van der Waals surface area (Å²) in [5.41, 5.74) is 3.94. The maximum Gasteiger partial charge on any atom is 0.224 e. The monoisotopic (exact) mass is 407 g/mol. The molecule has 0 bridgehead atoms. The smallest absolute Gasteiger partial charge is 0.224 e. The van der Waals surface area contributed by atoms with Gasteiger partial charge in [0, 0.05) is 35.8 Å². The number of nitrogens with zero attached hydrogens (tertiary/aromatic N) is 2. The van der Waals surface area contributed by atoms with E-state index in [0.29, 0.717) is 6.42 Å². The largest absolute Gasteiger partial charge is 0.326 e. The van der Waals surface area contributed by atoms with E-state index in [2.05, 4.69) is 34.7 Å². The van der Waals surface area contributed by atoms with Crippen molar-refractivity contribution in [2.45, 2.75) is 45.4 Å². The van der Waals surface area contributed by atoms with Crippen molar-refractivity contribution < 1.29 is 4.79 Å². The number of anilines is 3. The van der Waals surface area contributed by atoms with Gasteiger partial charge >= 0.3 is 0 Å². The minimum Gasteiger partial charge on any atom is -0.326 e. The number of carbonyl (C=O) groups is 1. The third-order valence-electron chi connectivity index (χ3n) is 4.89. The Kier molecular flexibility index (Phi) is 7.82. The van der Waals surface area contributed by atoms with Gasteiger partial charge in [-0.2, -0.15) is 0 Å². The number of rotatable bonds is 10. The number of carbonyl (C=O) groups excluding carboxylic acids is 1. The van der Waals surface area contributed by atoms with E-state index in [0.717, 1.165) is 40.6 Å². The van der Waals surface area contributed by atoms with Crippen LogP contribution in [0.25, 0.3) is 11.3 Å². The summed E-state index contributed by atoms with van der Waals surface area (Å²) in [6, 6.07) is 18.1. The standard InChI is InChI=1S/C24H29N3OS/c1-3-4-5-6-10-13-23(28)25-20-16-14-19(15-17-20)22-18-29-24(26-22)27(2)21-11-8-7-9-12-21/h7-9,11-12,14-18H,3-6,10,13H2,1-2H3,(H,25,28). The summed E-state index contributed by atoms with van der Waals surface area (Å²) in [7, 11) is 2.03. The van der Waals surface area contributed by atoms with Crippen molar-refractivity contribution in [2.24, 2.45) is 0 Å². The summed E-state index contributed by atoms with van der Waals surface area (Å²) in [4.78, 5) is 18.9. The van der Waals surface area contributed by atoms with Crippen LogP contribution in [0.5, 0.6) is 0 Å². The van der Waals surface area contributed by atoms with Gasteiger partial charge in [-0.05, 0) is 30.7 Å². The fourth-order valence-electron chi connectivity index (χ4n) is 3.15. The Labute approximate surface area is 177 Å². The minimum atomic E-state index is 0.0923. The molecule has 1 heterocycles. The predicted molar refractivity (Wildman–Crippen MR) is 124 cm³/mol. The van der Waals surface area contributed by atoms with Gasteiger partial charge in [-0.1, -0.05) is 62.9 Å². The van der Waals surface area contributed by atoms with Gasteiger partial charge in [0.2, 0.25) is 5.91 Å². The molecule has 1 aromatic heterocycles. The van der Waals surface area contributed by atoms with Gasteiger partial charge in [0.05, 0.1) is 5.69 Å².